The van der Waals surface area contributed by atoms with Crippen LogP contribution in [0, 0.1) is 5.92 Å². The highest BCUT2D eigenvalue weighted by Crippen LogP contribution is 2.27. The first-order valence-electron chi connectivity index (χ1n) is 9.94. The molecule has 3 aromatic rings. The van der Waals surface area contributed by atoms with Crippen molar-refractivity contribution in [2.75, 3.05) is 18.6 Å². The first kappa shape index (κ1) is 23.3. The molecule has 0 spiro atoms. The van der Waals surface area contributed by atoms with E-state index in [2.05, 4.69) is 24.0 Å². The van der Waals surface area contributed by atoms with E-state index in [9.17, 15) is 14.4 Å². The maximum absolute atomic E-state index is 12.9. The lowest BCUT2D eigenvalue weighted by Gasteiger charge is -2.13. The molecule has 0 unspecified atom stereocenters. The Morgan fingerprint density at radius 3 is 2.38 bits per heavy atom. The summed E-state index contributed by atoms with van der Waals surface area (Å²) in [5, 5.41) is 9.15. The zero-order chi connectivity index (χ0) is 23.6. The summed E-state index contributed by atoms with van der Waals surface area (Å²) < 4.78 is 9.12. The van der Waals surface area contributed by atoms with Gasteiger partial charge in [0.25, 0.3) is 5.56 Å². The third-order valence-corrected chi connectivity index (χ3v) is 5.90. The summed E-state index contributed by atoms with van der Waals surface area (Å²) in [5.74, 6) is 1.02. The molecule has 0 atom stereocenters. The molecule has 0 saturated carbocycles. The molecule has 10 nitrogen and oxygen atoms in total. The number of nitrogens with two attached hydrogens (primary N) is 1. The Morgan fingerprint density at radius 2 is 1.78 bits per heavy atom. The number of hydrogen-bond donors (Lipinski definition) is 1. The van der Waals surface area contributed by atoms with E-state index in [0.29, 0.717) is 23.4 Å². The number of benzene rings is 1. The van der Waals surface area contributed by atoms with E-state index in [1.54, 1.807) is 7.11 Å². The van der Waals surface area contributed by atoms with Crippen LogP contribution in [0.1, 0.15) is 24.2 Å². The zero-order valence-electron chi connectivity index (χ0n) is 18.7. The number of carbonyl (C=O) groups is 1. The Morgan fingerprint density at radius 1 is 1.12 bits per heavy atom. The fourth-order valence-electron chi connectivity index (χ4n) is 3.20. The number of Topliss-reactive ketones (excluding diaryl/α,β-unsaturated/α-hetero) is 1. The van der Waals surface area contributed by atoms with Gasteiger partial charge in [0.2, 0.25) is 0 Å². The number of thioether (sulfide) groups is 1. The summed E-state index contributed by atoms with van der Waals surface area (Å²) in [5.41, 5.74) is 5.27. The summed E-state index contributed by atoms with van der Waals surface area (Å²) in [7, 11) is 4.34. The first-order chi connectivity index (χ1) is 15.1. The average molecular weight is 459 g/mol. The Labute approximate surface area is 189 Å². The van der Waals surface area contributed by atoms with E-state index >= 15 is 0 Å². The van der Waals surface area contributed by atoms with Crippen molar-refractivity contribution in [1.29, 1.82) is 0 Å². The van der Waals surface area contributed by atoms with Gasteiger partial charge < -0.3 is 15.0 Å². The Balaban J connectivity index is 1.91. The van der Waals surface area contributed by atoms with Crippen LogP contribution < -0.4 is 21.7 Å². The number of anilines is 1. The molecule has 0 aliphatic heterocycles. The van der Waals surface area contributed by atoms with E-state index in [1.807, 2.05) is 28.8 Å². The van der Waals surface area contributed by atoms with Crippen LogP contribution in [0.2, 0.25) is 0 Å². The molecule has 0 aliphatic carbocycles. The van der Waals surface area contributed by atoms with Gasteiger partial charge in [0, 0.05) is 26.2 Å². The minimum Gasteiger partial charge on any atom is -0.497 e. The van der Waals surface area contributed by atoms with Crippen LogP contribution in [-0.4, -0.2) is 42.5 Å². The summed E-state index contributed by atoms with van der Waals surface area (Å²) in [6.07, 6.45) is 0. The fourth-order valence-corrected chi connectivity index (χ4v) is 4.02. The van der Waals surface area contributed by atoms with Gasteiger partial charge in [-0.2, -0.15) is 0 Å². The fraction of sp³-hybridized carbons (Fsp3) is 0.381. The van der Waals surface area contributed by atoms with Crippen molar-refractivity contribution >= 4 is 23.4 Å². The van der Waals surface area contributed by atoms with Crippen LogP contribution in [0.15, 0.2) is 39.0 Å². The van der Waals surface area contributed by atoms with Gasteiger partial charge in [0.15, 0.2) is 16.8 Å². The van der Waals surface area contributed by atoms with E-state index in [1.165, 1.54) is 25.9 Å². The molecule has 0 saturated heterocycles. The molecule has 2 heterocycles. The topological polar surface area (TPSA) is 127 Å². The molecular formula is C21H26N6O4S. The number of rotatable bonds is 8. The molecule has 11 heteroatoms. The van der Waals surface area contributed by atoms with Gasteiger partial charge >= 0.3 is 5.69 Å². The maximum Gasteiger partial charge on any atom is 0.332 e. The highest BCUT2D eigenvalue weighted by Gasteiger charge is 2.22. The molecule has 0 radical (unpaired) electrons. The summed E-state index contributed by atoms with van der Waals surface area (Å²) in [6.45, 7) is 4.80. The molecule has 2 N–H and O–H groups in total. The predicted molar refractivity (Wildman–Crippen MR) is 123 cm³/mol. The lowest BCUT2D eigenvalue weighted by atomic mass is 10.2. The standard InChI is InChI=1S/C21H26N6O4S/c1-12(2)10-27-18(13-6-8-14(31-5)9-7-13)23-24-20(27)32-11-15(28)16-17(22)25(3)21(30)26(4)19(16)29/h6-9,12H,10-11,22H2,1-5H3. The normalized spacial score (nSPS) is 11.2. The van der Waals surface area contributed by atoms with Crippen molar-refractivity contribution in [3.05, 3.63) is 50.7 Å². The van der Waals surface area contributed by atoms with E-state index < -0.39 is 17.0 Å². The minimum atomic E-state index is -0.709. The predicted octanol–water partition coefficient (Wildman–Crippen LogP) is 1.56. The number of hydrogen-bond acceptors (Lipinski definition) is 8. The average Bonchev–Trinajstić information content (AvgIpc) is 3.16. The highest BCUT2D eigenvalue weighted by molar-refractivity contribution is 7.99. The smallest absolute Gasteiger partial charge is 0.332 e. The summed E-state index contributed by atoms with van der Waals surface area (Å²) in [4.78, 5) is 37.3. The molecular weight excluding hydrogens is 432 g/mol. The number of carbonyl (C=O) groups excluding carboxylic acids is 1. The van der Waals surface area contributed by atoms with Crippen molar-refractivity contribution in [3.63, 3.8) is 0 Å². The van der Waals surface area contributed by atoms with E-state index in [4.69, 9.17) is 10.5 Å². The van der Waals surface area contributed by atoms with Gasteiger partial charge in [0.05, 0.1) is 12.9 Å². The van der Waals surface area contributed by atoms with Gasteiger partial charge in [-0.3, -0.25) is 18.7 Å². The van der Waals surface area contributed by atoms with Crippen molar-refractivity contribution < 1.29 is 9.53 Å². The molecule has 0 amide bonds. The highest BCUT2D eigenvalue weighted by atomic mass is 32.2. The third-order valence-electron chi connectivity index (χ3n) is 4.93. The number of nitrogens with zero attached hydrogens (tertiary/aromatic N) is 5. The van der Waals surface area contributed by atoms with Gasteiger partial charge in [-0.15, -0.1) is 10.2 Å². The summed E-state index contributed by atoms with van der Waals surface area (Å²) in [6, 6.07) is 7.49. The number of aromatic nitrogens is 5. The van der Waals surface area contributed by atoms with Crippen LogP contribution >= 0.6 is 11.8 Å². The van der Waals surface area contributed by atoms with Crippen molar-refractivity contribution in [1.82, 2.24) is 23.9 Å². The number of ketones is 1. The van der Waals surface area contributed by atoms with Crippen LogP contribution in [0.3, 0.4) is 0 Å². The van der Waals surface area contributed by atoms with Gasteiger partial charge in [0.1, 0.15) is 17.1 Å². The zero-order valence-corrected chi connectivity index (χ0v) is 19.5. The molecule has 0 fully saturated rings. The van der Waals surface area contributed by atoms with Crippen molar-refractivity contribution in [3.8, 4) is 17.1 Å². The maximum atomic E-state index is 12.9. The second kappa shape index (κ2) is 9.43. The lowest BCUT2D eigenvalue weighted by molar-refractivity contribution is 0.102. The molecule has 3 rings (SSSR count). The third kappa shape index (κ3) is 4.47. The monoisotopic (exact) mass is 458 g/mol. The molecule has 32 heavy (non-hydrogen) atoms. The second-order valence-corrected chi connectivity index (χ2v) is 8.66. The Kier molecular flexibility index (Phi) is 6.87. The molecule has 2 aromatic heterocycles. The van der Waals surface area contributed by atoms with Gasteiger partial charge in [-0.1, -0.05) is 25.6 Å². The minimum absolute atomic E-state index is 0.0729. The van der Waals surface area contributed by atoms with Crippen LogP contribution in [-0.2, 0) is 20.6 Å². The van der Waals surface area contributed by atoms with Crippen molar-refractivity contribution in [2.45, 2.75) is 25.5 Å². The lowest BCUT2D eigenvalue weighted by Crippen LogP contribution is -2.41. The second-order valence-electron chi connectivity index (χ2n) is 7.72. The Bertz CT molecular complexity index is 1260. The Hall–Kier alpha value is -3.34. The van der Waals surface area contributed by atoms with E-state index in [-0.39, 0.29) is 17.1 Å². The van der Waals surface area contributed by atoms with Crippen molar-refractivity contribution in [2.24, 2.45) is 20.0 Å². The molecule has 1 aromatic carbocycles. The quantitative estimate of drug-likeness (QED) is 0.398. The van der Waals surface area contributed by atoms with Gasteiger partial charge in [-0.25, -0.2) is 4.79 Å². The molecule has 0 bridgehead atoms. The number of nitrogen functional groups attached to an aromatic ring is 1. The number of ether oxygens (including phenoxy) is 1. The summed E-state index contributed by atoms with van der Waals surface area (Å²) >= 11 is 1.17. The number of methoxy groups -OCH3 is 1. The van der Waals surface area contributed by atoms with E-state index in [0.717, 1.165) is 20.4 Å². The SMILES string of the molecule is COc1ccc(-c2nnc(SCC(=O)c3c(N)n(C)c(=O)n(C)c3=O)n2CC(C)C)cc1. The first-order valence-corrected chi connectivity index (χ1v) is 10.9. The molecule has 170 valence electrons. The van der Waals surface area contributed by atoms with Crippen LogP contribution in [0.5, 0.6) is 5.75 Å². The van der Waals surface area contributed by atoms with Crippen LogP contribution in [0.4, 0.5) is 5.82 Å². The largest absolute Gasteiger partial charge is 0.497 e. The van der Waals surface area contributed by atoms with Gasteiger partial charge in [-0.05, 0) is 30.2 Å². The van der Waals surface area contributed by atoms with Crippen LogP contribution in [0.25, 0.3) is 11.4 Å². The molecule has 0 aliphatic rings.